The molecule has 4 nitrogen and oxygen atoms in total. The van der Waals surface area contributed by atoms with E-state index in [4.69, 9.17) is 4.74 Å². The molecule has 5 heteroatoms. The summed E-state index contributed by atoms with van der Waals surface area (Å²) in [7, 11) is 3.55. The van der Waals surface area contributed by atoms with Crippen LogP contribution < -0.4 is 10.1 Å². The van der Waals surface area contributed by atoms with Gasteiger partial charge < -0.3 is 10.1 Å². The molecule has 0 atom stereocenters. The highest BCUT2D eigenvalue weighted by Crippen LogP contribution is 2.34. The smallest absolute Gasteiger partial charge is 0.132 e. The molecule has 2 aromatic rings. The minimum Gasteiger partial charge on any atom is -0.496 e. The second-order valence-corrected chi connectivity index (χ2v) is 5.32. The van der Waals surface area contributed by atoms with Crippen molar-refractivity contribution < 1.29 is 4.74 Å². The molecule has 106 valence electrons. The molecule has 0 saturated carbocycles. The van der Waals surface area contributed by atoms with Gasteiger partial charge in [-0.15, -0.1) is 0 Å². The van der Waals surface area contributed by atoms with Gasteiger partial charge in [0.05, 0.1) is 12.0 Å². The van der Waals surface area contributed by atoms with Crippen LogP contribution in [0.4, 0.5) is 5.82 Å². The fourth-order valence-corrected chi connectivity index (χ4v) is 2.75. The van der Waals surface area contributed by atoms with Gasteiger partial charge in [0.25, 0.3) is 0 Å². The lowest BCUT2D eigenvalue weighted by Crippen LogP contribution is -2.01. The number of rotatable bonds is 6. The van der Waals surface area contributed by atoms with Crippen LogP contribution in [0.1, 0.15) is 19.2 Å². The number of hydrogen-bond donors (Lipinski definition) is 1. The number of benzene rings is 1. The van der Waals surface area contributed by atoms with Gasteiger partial charge in [-0.25, -0.2) is 9.97 Å². The second kappa shape index (κ2) is 7.14. The van der Waals surface area contributed by atoms with Crippen molar-refractivity contribution in [2.75, 3.05) is 19.5 Å². The lowest BCUT2D eigenvalue weighted by Gasteiger charge is -2.09. The van der Waals surface area contributed by atoms with E-state index in [0.29, 0.717) is 0 Å². The van der Waals surface area contributed by atoms with Crippen LogP contribution >= 0.6 is 11.8 Å². The van der Waals surface area contributed by atoms with E-state index >= 15 is 0 Å². The predicted octanol–water partition coefficient (Wildman–Crippen LogP) is 3.63. The molecule has 0 bridgehead atoms. The number of aromatic nitrogens is 2. The molecule has 0 aliphatic rings. The minimum atomic E-state index is 0.848. The number of ether oxygens (including phenoxy) is 1. The topological polar surface area (TPSA) is 47.0 Å². The van der Waals surface area contributed by atoms with E-state index in [1.807, 2.05) is 37.4 Å². The zero-order chi connectivity index (χ0) is 14.4. The fraction of sp³-hybridized carbons (Fsp3) is 0.333. The van der Waals surface area contributed by atoms with E-state index in [-0.39, 0.29) is 0 Å². The van der Waals surface area contributed by atoms with Crippen molar-refractivity contribution >= 4 is 17.6 Å². The molecule has 0 aliphatic carbocycles. The molecule has 1 aromatic carbocycles. The lowest BCUT2D eigenvalue weighted by molar-refractivity contribution is 0.405. The van der Waals surface area contributed by atoms with Crippen molar-refractivity contribution in [3.05, 3.63) is 36.2 Å². The van der Waals surface area contributed by atoms with Gasteiger partial charge in [-0.2, -0.15) is 0 Å². The molecule has 2 rings (SSSR count). The minimum absolute atomic E-state index is 0.848. The zero-order valence-corrected chi connectivity index (χ0v) is 12.8. The Morgan fingerprint density at radius 2 is 2.05 bits per heavy atom. The van der Waals surface area contributed by atoms with E-state index in [2.05, 4.69) is 22.2 Å². The lowest BCUT2D eigenvalue weighted by atomic mass is 10.3. The average Bonchev–Trinajstić information content (AvgIpc) is 2.48. The van der Waals surface area contributed by atoms with Gasteiger partial charge in [0, 0.05) is 19.5 Å². The molecule has 0 amide bonds. The Kier molecular flexibility index (Phi) is 5.24. The number of para-hydroxylation sites is 1. The molecular formula is C15H19N3OS. The van der Waals surface area contributed by atoms with Gasteiger partial charge in [0.1, 0.15) is 22.4 Å². The van der Waals surface area contributed by atoms with Crippen molar-refractivity contribution in [1.82, 2.24) is 9.97 Å². The fourth-order valence-electron chi connectivity index (χ4n) is 1.80. The zero-order valence-electron chi connectivity index (χ0n) is 12.0. The Morgan fingerprint density at radius 1 is 1.25 bits per heavy atom. The highest BCUT2D eigenvalue weighted by Gasteiger charge is 2.08. The maximum Gasteiger partial charge on any atom is 0.132 e. The molecule has 0 spiro atoms. The second-order valence-electron chi connectivity index (χ2n) is 4.26. The van der Waals surface area contributed by atoms with Crippen LogP contribution in [0.3, 0.4) is 0 Å². The van der Waals surface area contributed by atoms with Crippen LogP contribution in [0.15, 0.2) is 40.3 Å². The number of nitrogens with one attached hydrogen (secondary N) is 1. The molecule has 20 heavy (non-hydrogen) atoms. The largest absolute Gasteiger partial charge is 0.496 e. The maximum atomic E-state index is 5.37. The molecule has 1 heterocycles. The van der Waals surface area contributed by atoms with Crippen LogP contribution in [0, 0.1) is 0 Å². The van der Waals surface area contributed by atoms with Crippen molar-refractivity contribution in [3.63, 3.8) is 0 Å². The van der Waals surface area contributed by atoms with Gasteiger partial charge in [0.15, 0.2) is 0 Å². The Labute approximate surface area is 124 Å². The third-order valence-corrected chi connectivity index (χ3v) is 3.74. The molecule has 0 fully saturated rings. The van der Waals surface area contributed by atoms with Gasteiger partial charge in [-0.05, 0) is 18.6 Å². The Balaban J connectivity index is 2.30. The van der Waals surface area contributed by atoms with Crippen molar-refractivity contribution in [1.29, 1.82) is 0 Å². The van der Waals surface area contributed by atoms with E-state index in [9.17, 15) is 0 Å². The number of anilines is 1. The summed E-state index contributed by atoms with van der Waals surface area (Å²) < 4.78 is 5.37. The number of nitrogens with zero attached hydrogens (tertiary/aromatic N) is 2. The van der Waals surface area contributed by atoms with E-state index in [0.717, 1.165) is 40.2 Å². The first-order valence-corrected chi connectivity index (χ1v) is 7.45. The first-order chi connectivity index (χ1) is 9.76. The van der Waals surface area contributed by atoms with E-state index in [1.54, 1.807) is 18.9 Å². The van der Waals surface area contributed by atoms with Crippen LogP contribution in [-0.4, -0.2) is 24.1 Å². The summed E-state index contributed by atoms with van der Waals surface area (Å²) in [6.45, 7) is 2.13. The predicted molar refractivity (Wildman–Crippen MR) is 82.7 cm³/mol. The molecular weight excluding hydrogens is 270 g/mol. The first-order valence-electron chi connectivity index (χ1n) is 6.63. The Hall–Kier alpha value is -1.75. The Bertz CT molecular complexity index is 575. The molecule has 1 N–H and O–H groups in total. The Morgan fingerprint density at radius 3 is 2.75 bits per heavy atom. The normalized spacial score (nSPS) is 10.3. The van der Waals surface area contributed by atoms with Crippen molar-refractivity contribution in [2.45, 2.75) is 29.7 Å². The standard InChI is InChI=1S/C15H19N3OS/c1-4-7-13-17-14(16-2)10-15(18-13)20-12-9-6-5-8-11(12)19-3/h5-6,8-10H,4,7H2,1-3H3,(H,16,17,18). The summed E-state index contributed by atoms with van der Waals surface area (Å²) in [5.41, 5.74) is 0. The number of hydrogen-bond acceptors (Lipinski definition) is 5. The third-order valence-electron chi connectivity index (χ3n) is 2.76. The monoisotopic (exact) mass is 289 g/mol. The average molecular weight is 289 g/mol. The van der Waals surface area contributed by atoms with Crippen LogP contribution in [0.25, 0.3) is 0 Å². The number of aryl methyl sites for hydroxylation is 1. The quantitative estimate of drug-likeness (QED) is 0.823. The van der Waals surface area contributed by atoms with Crippen LogP contribution in [0.5, 0.6) is 5.75 Å². The van der Waals surface area contributed by atoms with E-state index < -0.39 is 0 Å². The van der Waals surface area contributed by atoms with Crippen LogP contribution in [-0.2, 0) is 6.42 Å². The molecule has 0 radical (unpaired) electrons. The summed E-state index contributed by atoms with van der Waals surface area (Å²) in [5, 5.41) is 4.01. The van der Waals surface area contributed by atoms with Crippen molar-refractivity contribution in [2.24, 2.45) is 0 Å². The highest BCUT2D eigenvalue weighted by molar-refractivity contribution is 7.99. The molecule has 1 aromatic heterocycles. The van der Waals surface area contributed by atoms with Gasteiger partial charge in [-0.1, -0.05) is 30.8 Å². The summed E-state index contributed by atoms with van der Waals surface area (Å²) >= 11 is 1.59. The highest BCUT2D eigenvalue weighted by atomic mass is 32.2. The molecule has 0 unspecified atom stereocenters. The molecule has 0 saturated heterocycles. The van der Waals surface area contributed by atoms with Gasteiger partial charge in [0.2, 0.25) is 0 Å². The van der Waals surface area contributed by atoms with Gasteiger partial charge in [-0.3, -0.25) is 0 Å². The summed E-state index contributed by atoms with van der Waals surface area (Å²) in [5.74, 6) is 2.58. The summed E-state index contributed by atoms with van der Waals surface area (Å²) in [4.78, 5) is 10.1. The number of methoxy groups -OCH3 is 1. The maximum absolute atomic E-state index is 5.37. The van der Waals surface area contributed by atoms with Crippen molar-refractivity contribution in [3.8, 4) is 5.75 Å². The van der Waals surface area contributed by atoms with Gasteiger partial charge >= 0.3 is 0 Å². The third kappa shape index (κ3) is 3.63. The summed E-state index contributed by atoms with van der Waals surface area (Å²) in [6.07, 6.45) is 1.92. The summed E-state index contributed by atoms with van der Waals surface area (Å²) in [6, 6.07) is 9.90. The SMILES string of the molecule is CCCc1nc(NC)cc(Sc2ccccc2OC)n1. The van der Waals surface area contributed by atoms with E-state index in [1.165, 1.54) is 0 Å². The molecule has 0 aliphatic heterocycles. The van der Waals surface area contributed by atoms with Crippen LogP contribution in [0.2, 0.25) is 0 Å². The first kappa shape index (κ1) is 14.7.